The molecule has 120 valence electrons. The lowest BCUT2D eigenvalue weighted by molar-refractivity contribution is -0.121. The minimum absolute atomic E-state index is 0.0261. The maximum atomic E-state index is 11.9. The Morgan fingerprint density at radius 1 is 1.26 bits per heavy atom. The first kappa shape index (κ1) is 15.6. The first-order chi connectivity index (χ1) is 11.1. The number of rotatable bonds is 6. The monoisotopic (exact) mass is 331 g/mol. The van der Waals surface area contributed by atoms with E-state index in [2.05, 4.69) is 15.6 Å². The van der Waals surface area contributed by atoms with Crippen molar-refractivity contribution in [2.24, 2.45) is 0 Å². The van der Waals surface area contributed by atoms with E-state index in [-0.39, 0.29) is 11.9 Å². The molecular weight excluding hydrogens is 314 g/mol. The quantitative estimate of drug-likeness (QED) is 0.848. The summed E-state index contributed by atoms with van der Waals surface area (Å²) in [6, 6.07) is 10.9. The van der Waals surface area contributed by atoms with Gasteiger partial charge < -0.3 is 15.4 Å². The van der Waals surface area contributed by atoms with Gasteiger partial charge in [0.2, 0.25) is 11.8 Å². The standard InChI is InChI=1S/C17H18ClN3O2/c1-11(17(22)21-14-3-4-14)20-13-5-7-15(8-6-13)23-16-9-2-12(18)10-19-16/h2,5-11,14,20H,3-4H2,1H3,(H,21,22)/t11-/m0/s1. The zero-order valence-corrected chi connectivity index (χ0v) is 13.5. The van der Waals surface area contributed by atoms with E-state index in [0.717, 1.165) is 18.5 Å². The largest absolute Gasteiger partial charge is 0.439 e. The number of anilines is 1. The van der Waals surface area contributed by atoms with Crippen LogP contribution in [0.3, 0.4) is 0 Å². The Labute approximate surface area is 140 Å². The average molecular weight is 332 g/mol. The van der Waals surface area contributed by atoms with Crippen molar-refractivity contribution in [2.45, 2.75) is 31.8 Å². The molecular formula is C17H18ClN3O2. The minimum Gasteiger partial charge on any atom is -0.439 e. The molecule has 3 rings (SSSR count). The highest BCUT2D eigenvalue weighted by molar-refractivity contribution is 6.30. The normalized spacial score (nSPS) is 14.9. The lowest BCUT2D eigenvalue weighted by Gasteiger charge is -2.15. The predicted octanol–water partition coefficient (Wildman–Crippen LogP) is 3.61. The third-order valence-corrected chi connectivity index (χ3v) is 3.70. The van der Waals surface area contributed by atoms with E-state index >= 15 is 0 Å². The molecule has 1 aliphatic rings. The molecule has 1 aromatic heterocycles. The highest BCUT2D eigenvalue weighted by Crippen LogP contribution is 2.23. The van der Waals surface area contributed by atoms with Crippen molar-refractivity contribution in [3.05, 3.63) is 47.6 Å². The lowest BCUT2D eigenvalue weighted by atomic mass is 10.2. The number of carbonyl (C=O) groups excluding carboxylic acids is 1. The van der Waals surface area contributed by atoms with Gasteiger partial charge in [0, 0.05) is 24.0 Å². The van der Waals surface area contributed by atoms with Crippen LogP contribution in [0.1, 0.15) is 19.8 Å². The number of pyridine rings is 1. The zero-order valence-electron chi connectivity index (χ0n) is 12.8. The second-order valence-electron chi connectivity index (χ2n) is 5.59. The van der Waals surface area contributed by atoms with Crippen LogP contribution in [0.5, 0.6) is 11.6 Å². The summed E-state index contributed by atoms with van der Waals surface area (Å²) in [5.74, 6) is 1.17. The summed E-state index contributed by atoms with van der Waals surface area (Å²) in [5, 5.41) is 6.72. The molecule has 1 aromatic carbocycles. The van der Waals surface area contributed by atoms with Gasteiger partial charge in [-0.05, 0) is 50.1 Å². The van der Waals surface area contributed by atoms with E-state index in [1.165, 1.54) is 6.20 Å². The summed E-state index contributed by atoms with van der Waals surface area (Å²) in [7, 11) is 0. The molecule has 2 aromatic rings. The maximum absolute atomic E-state index is 11.9. The van der Waals surface area contributed by atoms with Crippen molar-refractivity contribution in [3.8, 4) is 11.6 Å². The number of aromatic nitrogens is 1. The number of halogens is 1. The second-order valence-corrected chi connectivity index (χ2v) is 6.03. The van der Waals surface area contributed by atoms with Gasteiger partial charge in [-0.15, -0.1) is 0 Å². The van der Waals surface area contributed by atoms with Gasteiger partial charge in [-0.2, -0.15) is 0 Å². The molecule has 1 heterocycles. The smallest absolute Gasteiger partial charge is 0.242 e. The van der Waals surface area contributed by atoms with Crippen molar-refractivity contribution in [1.29, 1.82) is 0 Å². The van der Waals surface area contributed by atoms with Gasteiger partial charge in [0.1, 0.15) is 11.8 Å². The van der Waals surface area contributed by atoms with Crippen LogP contribution >= 0.6 is 11.6 Å². The Morgan fingerprint density at radius 3 is 2.61 bits per heavy atom. The molecule has 1 fully saturated rings. The van der Waals surface area contributed by atoms with E-state index in [9.17, 15) is 4.79 Å². The van der Waals surface area contributed by atoms with Gasteiger partial charge in [-0.3, -0.25) is 4.79 Å². The van der Waals surface area contributed by atoms with Crippen LogP contribution in [0.15, 0.2) is 42.6 Å². The number of nitrogens with zero attached hydrogens (tertiary/aromatic N) is 1. The number of carbonyl (C=O) groups is 1. The van der Waals surface area contributed by atoms with Crippen LogP contribution < -0.4 is 15.4 Å². The summed E-state index contributed by atoms with van der Waals surface area (Å²) in [4.78, 5) is 16.0. The summed E-state index contributed by atoms with van der Waals surface area (Å²) >= 11 is 5.79. The summed E-state index contributed by atoms with van der Waals surface area (Å²) in [6.45, 7) is 1.85. The Morgan fingerprint density at radius 2 is 2.00 bits per heavy atom. The minimum atomic E-state index is -0.277. The predicted molar refractivity (Wildman–Crippen MR) is 90.0 cm³/mol. The molecule has 0 bridgehead atoms. The Hall–Kier alpha value is -2.27. The molecule has 5 nitrogen and oxygen atoms in total. The second kappa shape index (κ2) is 6.87. The third-order valence-electron chi connectivity index (χ3n) is 3.48. The summed E-state index contributed by atoms with van der Waals surface area (Å²) < 4.78 is 5.62. The molecule has 23 heavy (non-hydrogen) atoms. The average Bonchev–Trinajstić information content (AvgIpc) is 3.35. The lowest BCUT2D eigenvalue weighted by Crippen LogP contribution is -2.38. The topological polar surface area (TPSA) is 63.2 Å². The number of hydrogen-bond donors (Lipinski definition) is 2. The Kier molecular flexibility index (Phi) is 4.67. The molecule has 0 spiro atoms. The number of ether oxygens (including phenoxy) is 1. The molecule has 0 saturated heterocycles. The van der Waals surface area contributed by atoms with E-state index < -0.39 is 0 Å². The van der Waals surface area contributed by atoms with Crippen molar-refractivity contribution >= 4 is 23.2 Å². The Balaban J connectivity index is 1.55. The molecule has 1 atom stereocenters. The summed E-state index contributed by atoms with van der Waals surface area (Å²) in [5.41, 5.74) is 0.861. The van der Waals surface area contributed by atoms with Gasteiger partial charge in [0.05, 0.1) is 5.02 Å². The Bertz CT molecular complexity index is 669. The first-order valence-corrected chi connectivity index (χ1v) is 7.94. The maximum Gasteiger partial charge on any atom is 0.242 e. The molecule has 1 amide bonds. The molecule has 0 unspecified atom stereocenters. The molecule has 1 aliphatic carbocycles. The number of amides is 1. The van der Waals surface area contributed by atoms with Crippen molar-refractivity contribution < 1.29 is 9.53 Å². The van der Waals surface area contributed by atoms with Crippen LogP contribution in [-0.2, 0) is 4.79 Å². The molecule has 2 N–H and O–H groups in total. The van der Waals surface area contributed by atoms with E-state index in [1.807, 2.05) is 31.2 Å². The molecule has 1 saturated carbocycles. The van der Waals surface area contributed by atoms with Crippen molar-refractivity contribution in [2.75, 3.05) is 5.32 Å². The van der Waals surface area contributed by atoms with Crippen LogP contribution in [0.4, 0.5) is 5.69 Å². The fourth-order valence-electron chi connectivity index (χ4n) is 2.03. The van der Waals surface area contributed by atoms with Gasteiger partial charge >= 0.3 is 0 Å². The highest BCUT2D eigenvalue weighted by Gasteiger charge is 2.25. The van der Waals surface area contributed by atoms with Gasteiger partial charge in [-0.25, -0.2) is 4.98 Å². The van der Waals surface area contributed by atoms with Crippen LogP contribution in [0.2, 0.25) is 5.02 Å². The van der Waals surface area contributed by atoms with Crippen molar-refractivity contribution in [1.82, 2.24) is 10.3 Å². The van der Waals surface area contributed by atoms with Crippen LogP contribution in [-0.4, -0.2) is 23.0 Å². The molecule has 0 aliphatic heterocycles. The van der Waals surface area contributed by atoms with E-state index in [4.69, 9.17) is 16.3 Å². The number of hydrogen-bond acceptors (Lipinski definition) is 4. The van der Waals surface area contributed by atoms with Gasteiger partial charge in [-0.1, -0.05) is 11.6 Å². The third kappa shape index (κ3) is 4.60. The summed E-state index contributed by atoms with van der Waals surface area (Å²) in [6.07, 6.45) is 3.71. The van der Waals surface area contributed by atoms with E-state index in [1.54, 1.807) is 12.1 Å². The fourth-order valence-corrected chi connectivity index (χ4v) is 2.14. The van der Waals surface area contributed by atoms with Crippen LogP contribution in [0, 0.1) is 0 Å². The fraction of sp³-hybridized carbons (Fsp3) is 0.294. The van der Waals surface area contributed by atoms with Crippen LogP contribution in [0.25, 0.3) is 0 Å². The number of nitrogens with one attached hydrogen (secondary N) is 2. The first-order valence-electron chi connectivity index (χ1n) is 7.56. The zero-order chi connectivity index (χ0) is 16.2. The molecule has 6 heteroatoms. The molecule has 0 radical (unpaired) electrons. The SMILES string of the molecule is C[C@H](Nc1ccc(Oc2ccc(Cl)cn2)cc1)C(=O)NC1CC1. The van der Waals surface area contributed by atoms with E-state index in [0.29, 0.717) is 22.7 Å². The number of benzene rings is 1. The van der Waals surface area contributed by atoms with Gasteiger partial charge in [0.15, 0.2) is 0 Å². The van der Waals surface area contributed by atoms with Crippen molar-refractivity contribution in [3.63, 3.8) is 0 Å². The highest BCUT2D eigenvalue weighted by atomic mass is 35.5. The van der Waals surface area contributed by atoms with Gasteiger partial charge in [0.25, 0.3) is 0 Å².